The number of hydrogen-bond acceptors (Lipinski definition) is 5. The largest absolute Gasteiger partial charge is 0.421 e. The number of rotatable bonds is 6. The molecule has 1 aromatic heterocycles. The van der Waals surface area contributed by atoms with Gasteiger partial charge in [0.1, 0.15) is 11.4 Å². The predicted molar refractivity (Wildman–Crippen MR) is 96.6 cm³/mol. The fourth-order valence-electron chi connectivity index (χ4n) is 1.91. The fourth-order valence-corrected chi connectivity index (χ4v) is 2.33. The van der Waals surface area contributed by atoms with Crippen molar-refractivity contribution in [3.05, 3.63) is 39.5 Å². The van der Waals surface area contributed by atoms with Crippen molar-refractivity contribution in [3.63, 3.8) is 0 Å². The molecule has 0 fully saturated rings. The number of aromatic nitrogens is 2. The number of nitrogens with zero attached hydrogens (tertiary/aromatic N) is 2. The van der Waals surface area contributed by atoms with Gasteiger partial charge in [-0.25, -0.2) is 4.98 Å². The molecule has 0 saturated heterocycles. The smallest absolute Gasteiger partial charge is 0.368 e. The summed E-state index contributed by atoms with van der Waals surface area (Å²) in [6, 6.07) is 4.93. The summed E-state index contributed by atoms with van der Waals surface area (Å²) in [5.41, 5.74) is -0.484. The van der Waals surface area contributed by atoms with Gasteiger partial charge in [0.2, 0.25) is 11.9 Å². The molecule has 2 rings (SSSR count). The van der Waals surface area contributed by atoms with Gasteiger partial charge in [0, 0.05) is 36.4 Å². The lowest BCUT2D eigenvalue weighted by Crippen LogP contribution is -2.27. The number of amides is 1. The number of nitrogens with one attached hydrogen (secondary N) is 3. The lowest BCUT2D eigenvalue weighted by Gasteiger charge is -2.15. The molecule has 0 saturated carbocycles. The summed E-state index contributed by atoms with van der Waals surface area (Å²) < 4.78 is 40.0. The molecule has 0 atom stereocenters. The van der Waals surface area contributed by atoms with Crippen molar-refractivity contribution in [2.24, 2.45) is 0 Å². The van der Waals surface area contributed by atoms with E-state index in [-0.39, 0.29) is 30.8 Å². The van der Waals surface area contributed by atoms with Crippen LogP contribution in [0, 0.1) is 0 Å². The Balaban J connectivity index is 2.21. The molecule has 0 radical (unpaired) electrons. The van der Waals surface area contributed by atoms with E-state index in [2.05, 4.69) is 41.8 Å². The SMILES string of the molecule is CC(=O)NCCNc1nc(Nc2ccc(Br)c(Cl)c2)ncc1C(F)(F)F. The molecule has 6 nitrogen and oxygen atoms in total. The molecule has 1 amide bonds. The van der Waals surface area contributed by atoms with Gasteiger partial charge in [-0.1, -0.05) is 11.6 Å². The molecule has 140 valence electrons. The summed E-state index contributed by atoms with van der Waals surface area (Å²) in [6.45, 7) is 1.54. The van der Waals surface area contributed by atoms with Gasteiger partial charge in [0.25, 0.3) is 0 Å². The molecule has 0 spiro atoms. The molecule has 0 unspecified atom stereocenters. The van der Waals surface area contributed by atoms with Crippen LogP contribution in [-0.2, 0) is 11.0 Å². The van der Waals surface area contributed by atoms with Crippen molar-refractivity contribution >= 4 is 50.9 Å². The second kappa shape index (κ2) is 8.54. The normalized spacial score (nSPS) is 11.2. The van der Waals surface area contributed by atoms with Gasteiger partial charge in [-0.2, -0.15) is 18.2 Å². The maximum atomic E-state index is 13.1. The van der Waals surface area contributed by atoms with Crippen molar-refractivity contribution in [2.45, 2.75) is 13.1 Å². The molecular formula is C15H14BrClF3N5O. The monoisotopic (exact) mass is 451 g/mol. The van der Waals surface area contributed by atoms with E-state index in [1.165, 1.54) is 6.92 Å². The van der Waals surface area contributed by atoms with E-state index >= 15 is 0 Å². The van der Waals surface area contributed by atoms with Crippen LogP contribution >= 0.6 is 27.5 Å². The molecule has 1 heterocycles. The number of benzene rings is 1. The molecule has 26 heavy (non-hydrogen) atoms. The minimum atomic E-state index is -4.62. The second-order valence-electron chi connectivity index (χ2n) is 5.12. The Morgan fingerprint density at radius 3 is 2.65 bits per heavy atom. The van der Waals surface area contributed by atoms with Gasteiger partial charge in [-0.15, -0.1) is 0 Å². The third kappa shape index (κ3) is 5.73. The van der Waals surface area contributed by atoms with E-state index < -0.39 is 11.7 Å². The summed E-state index contributed by atoms with van der Waals surface area (Å²) in [5.74, 6) is -0.693. The first-order valence-electron chi connectivity index (χ1n) is 7.31. The Labute approximate surface area is 160 Å². The van der Waals surface area contributed by atoms with E-state index in [0.29, 0.717) is 21.4 Å². The highest BCUT2D eigenvalue weighted by atomic mass is 79.9. The van der Waals surface area contributed by atoms with Crippen LogP contribution in [0.2, 0.25) is 5.02 Å². The van der Waals surface area contributed by atoms with Crippen LogP contribution in [0.3, 0.4) is 0 Å². The van der Waals surface area contributed by atoms with E-state index in [1.54, 1.807) is 18.2 Å². The third-order valence-corrected chi connectivity index (χ3v) is 4.29. The Morgan fingerprint density at radius 1 is 1.31 bits per heavy atom. The zero-order valence-corrected chi connectivity index (χ0v) is 15.8. The summed E-state index contributed by atoms with van der Waals surface area (Å²) in [4.78, 5) is 18.4. The van der Waals surface area contributed by atoms with Gasteiger partial charge in [0.15, 0.2) is 0 Å². The van der Waals surface area contributed by atoms with Gasteiger partial charge in [0.05, 0.1) is 5.02 Å². The summed E-state index contributed by atoms with van der Waals surface area (Å²) in [5, 5.41) is 8.26. The predicted octanol–water partition coefficient (Wildman–Crippen LogP) is 4.20. The number of halogens is 5. The van der Waals surface area contributed by atoms with E-state index in [1.807, 2.05) is 0 Å². The number of alkyl halides is 3. The van der Waals surface area contributed by atoms with E-state index in [9.17, 15) is 18.0 Å². The second-order valence-corrected chi connectivity index (χ2v) is 6.38. The van der Waals surface area contributed by atoms with Crippen molar-refractivity contribution < 1.29 is 18.0 Å². The van der Waals surface area contributed by atoms with Gasteiger partial charge in [-0.3, -0.25) is 4.79 Å². The molecule has 0 aliphatic heterocycles. The first kappa shape index (κ1) is 20.2. The Hall–Kier alpha value is -2.07. The maximum absolute atomic E-state index is 13.1. The van der Waals surface area contributed by atoms with Crippen molar-refractivity contribution in [1.82, 2.24) is 15.3 Å². The first-order valence-corrected chi connectivity index (χ1v) is 8.48. The lowest BCUT2D eigenvalue weighted by atomic mass is 10.3. The molecule has 2 aromatic rings. The molecule has 0 aliphatic rings. The minimum absolute atomic E-state index is 0.0292. The van der Waals surface area contributed by atoms with Gasteiger partial charge < -0.3 is 16.0 Å². The van der Waals surface area contributed by atoms with Crippen LogP contribution in [-0.4, -0.2) is 29.0 Å². The average molecular weight is 453 g/mol. The van der Waals surface area contributed by atoms with Crippen LogP contribution in [0.5, 0.6) is 0 Å². The van der Waals surface area contributed by atoms with E-state index in [0.717, 1.165) is 0 Å². The highest BCUT2D eigenvalue weighted by Gasteiger charge is 2.35. The standard InChI is InChI=1S/C15H14BrClF3N5O/c1-8(26)21-4-5-22-13-10(15(18,19)20)7-23-14(25-13)24-9-2-3-11(16)12(17)6-9/h2-3,6-7H,4-5H2,1H3,(H,21,26)(H2,22,23,24,25). The van der Waals surface area contributed by atoms with Gasteiger partial charge >= 0.3 is 6.18 Å². The highest BCUT2D eigenvalue weighted by Crippen LogP contribution is 2.34. The van der Waals surface area contributed by atoms with Crippen LogP contribution in [0.4, 0.5) is 30.6 Å². The topological polar surface area (TPSA) is 78.9 Å². The van der Waals surface area contributed by atoms with Crippen LogP contribution < -0.4 is 16.0 Å². The molecule has 1 aromatic carbocycles. The summed E-state index contributed by atoms with van der Waals surface area (Å²) >= 11 is 9.23. The van der Waals surface area contributed by atoms with Crippen molar-refractivity contribution in [1.29, 1.82) is 0 Å². The number of anilines is 3. The molecular weight excluding hydrogens is 439 g/mol. The summed E-state index contributed by atoms with van der Waals surface area (Å²) in [7, 11) is 0. The average Bonchev–Trinajstić information content (AvgIpc) is 2.54. The lowest BCUT2D eigenvalue weighted by molar-refractivity contribution is -0.137. The number of hydrogen-bond donors (Lipinski definition) is 3. The summed E-state index contributed by atoms with van der Waals surface area (Å²) in [6.07, 6.45) is -3.92. The molecule has 11 heteroatoms. The van der Waals surface area contributed by atoms with Gasteiger partial charge in [-0.05, 0) is 34.1 Å². The Bertz CT molecular complexity index is 803. The van der Waals surface area contributed by atoms with Crippen molar-refractivity contribution in [2.75, 3.05) is 23.7 Å². The zero-order valence-electron chi connectivity index (χ0n) is 13.4. The minimum Gasteiger partial charge on any atom is -0.368 e. The maximum Gasteiger partial charge on any atom is 0.421 e. The van der Waals surface area contributed by atoms with E-state index in [4.69, 9.17) is 11.6 Å². The Kier molecular flexibility index (Phi) is 6.65. The quantitative estimate of drug-likeness (QED) is 0.573. The van der Waals surface area contributed by atoms with Crippen LogP contribution in [0.25, 0.3) is 0 Å². The number of carbonyl (C=O) groups is 1. The highest BCUT2D eigenvalue weighted by molar-refractivity contribution is 9.10. The molecule has 0 aliphatic carbocycles. The Morgan fingerprint density at radius 2 is 2.04 bits per heavy atom. The number of carbonyl (C=O) groups excluding carboxylic acids is 1. The molecule has 3 N–H and O–H groups in total. The first-order chi connectivity index (χ1) is 12.2. The van der Waals surface area contributed by atoms with Crippen molar-refractivity contribution in [3.8, 4) is 0 Å². The zero-order chi connectivity index (χ0) is 19.3. The van der Waals surface area contributed by atoms with Crippen LogP contribution in [0.1, 0.15) is 12.5 Å². The molecule has 0 bridgehead atoms. The van der Waals surface area contributed by atoms with Crippen LogP contribution in [0.15, 0.2) is 28.9 Å². The fraction of sp³-hybridized carbons (Fsp3) is 0.267. The third-order valence-electron chi connectivity index (χ3n) is 3.06.